The Labute approximate surface area is 138 Å². The molecule has 2 aromatic rings. The molecule has 0 aromatic heterocycles. The molecule has 0 spiro atoms. The van der Waals surface area contributed by atoms with E-state index >= 15 is 0 Å². The minimum atomic E-state index is -3.53. The van der Waals surface area contributed by atoms with Crippen LogP contribution in [0, 0.1) is 13.8 Å². The van der Waals surface area contributed by atoms with Crippen molar-refractivity contribution in [1.82, 2.24) is 4.72 Å². The van der Waals surface area contributed by atoms with E-state index in [1.807, 2.05) is 45.0 Å². The highest BCUT2D eigenvalue weighted by molar-refractivity contribution is 7.89. The van der Waals surface area contributed by atoms with Crippen LogP contribution in [0.25, 0.3) is 0 Å². The third-order valence-corrected chi connectivity index (χ3v) is 4.90. The number of sulfonamides is 1. The van der Waals surface area contributed by atoms with Crippen LogP contribution in [0.5, 0.6) is 5.75 Å². The molecule has 0 aliphatic rings. The van der Waals surface area contributed by atoms with Crippen molar-refractivity contribution in [2.75, 3.05) is 6.61 Å². The number of rotatable bonds is 7. The Morgan fingerprint density at radius 3 is 2.35 bits per heavy atom. The van der Waals surface area contributed by atoms with Crippen molar-refractivity contribution in [1.29, 1.82) is 0 Å². The van der Waals surface area contributed by atoms with Gasteiger partial charge in [0.1, 0.15) is 5.75 Å². The van der Waals surface area contributed by atoms with E-state index < -0.39 is 10.0 Å². The van der Waals surface area contributed by atoms with Crippen LogP contribution in [0.4, 0.5) is 0 Å². The van der Waals surface area contributed by atoms with Gasteiger partial charge in [-0.25, -0.2) is 13.1 Å². The highest BCUT2D eigenvalue weighted by atomic mass is 32.2. The third-order valence-electron chi connectivity index (χ3n) is 3.51. The Morgan fingerprint density at radius 2 is 1.74 bits per heavy atom. The van der Waals surface area contributed by atoms with E-state index in [1.165, 1.54) is 0 Å². The number of benzene rings is 2. The summed E-state index contributed by atoms with van der Waals surface area (Å²) in [6.07, 6.45) is 0.914. The van der Waals surface area contributed by atoms with Gasteiger partial charge in [0.2, 0.25) is 10.0 Å². The average molecular weight is 333 g/mol. The van der Waals surface area contributed by atoms with Crippen molar-refractivity contribution < 1.29 is 13.2 Å². The molecule has 0 fully saturated rings. The zero-order valence-electron chi connectivity index (χ0n) is 13.8. The summed E-state index contributed by atoms with van der Waals surface area (Å²) < 4.78 is 33.0. The minimum Gasteiger partial charge on any atom is -0.493 e. The highest BCUT2D eigenvalue weighted by Gasteiger charge is 2.15. The second-order valence-electron chi connectivity index (χ2n) is 5.59. The van der Waals surface area contributed by atoms with Crippen molar-refractivity contribution in [3.63, 3.8) is 0 Å². The number of ether oxygens (including phenoxy) is 1. The molecule has 0 atom stereocenters. The normalized spacial score (nSPS) is 11.4. The van der Waals surface area contributed by atoms with Gasteiger partial charge < -0.3 is 4.74 Å². The summed E-state index contributed by atoms with van der Waals surface area (Å²) in [6.45, 7) is 6.78. The van der Waals surface area contributed by atoms with Gasteiger partial charge in [0, 0.05) is 6.54 Å². The fraction of sp³-hybridized carbons (Fsp3) is 0.333. The molecule has 124 valence electrons. The van der Waals surface area contributed by atoms with Crippen LogP contribution in [-0.2, 0) is 16.6 Å². The Kier molecular flexibility index (Phi) is 5.80. The topological polar surface area (TPSA) is 55.4 Å². The lowest BCUT2D eigenvalue weighted by Crippen LogP contribution is -2.23. The summed E-state index contributed by atoms with van der Waals surface area (Å²) in [5, 5.41) is 0. The minimum absolute atomic E-state index is 0.256. The summed E-state index contributed by atoms with van der Waals surface area (Å²) in [4.78, 5) is 0.256. The van der Waals surface area contributed by atoms with Gasteiger partial charge in [-0.2, -0.15) is 0 Å². The van der Waals surface area contributed by atoms with Gasteiger partial charge in [0.05, 0.1) is 11.5 Å². The molecule has 0 unspecified atom stereocenters. The van der Waals surface area contributed by atoms with Crippen LogP contribution in [0.3, 0.4) is 0 Å². The molecule has 0 aliphatic carbocycles. The quantitative estimate of drug-likeness (QED) is 0.843. The second-order valence-corrected chi connectivity index (χ2v) is 7.35. The first-order chi connectivity index (χ1) is 10.9. The molecule has 0 saturated carbocycles. The van der Waals surface area contributed by atoms with Crippen molar-refractivity contribution in [2.45, 2.75) is 38.6 Å². The monoisotopic (exact) mass is 333 g/mol. The molecule has 0 aliphatic heterocycles. The Balaban J connectivity index is 2.09. The molecule has 23 heavy (non-hydrogen) atoms. The first-order valence-corrected chi connectivity index (χ1v) is 9.19. The molecule has 1 N–H and O–H groups in total. The molecule has 5 heteroatoms. The van der Waals surface area contributed by atoms with E-state index in [0.29, 0.717) is 6.61 Å². The molecule has 0 amide bonds. The number of aryl methyl sites for hydroxylation is 2. The van der Waals surface area contributed by atoms with E-state index in [4.69, 9.17) is 4.74 Å². The lowest BCUT2D eigenvalue weighted by molar-refractivity contribution is 0.315. The third kappa shape index (κ3) is 4.81. The lowest BCUT2D eigenvalue weighted by atomic mass is 10.2. The molecule has 2 rings (SSSR count). The maximum atomic E-state index is 12.4. The number of nitrogens with one attached hydrogen (secondary N) is 1. The van der Waals surface area contributed by atoms with Gasteiger partial charge >= 0.3 is 0 Å². The molecule has 0 radical (unpaired) electrons. The zero-order chi connectivity index (χ0) is 16.9. The Morgan fingerprint density at radius 1 is 1.04 bits per heavy atom. The molecule has 0 bridgehead atoms. The van der Waals surface area contributed by atoms with E-state index in [2.05, 4.69) is 4.72 Å². The molecule has 0 saturated heterocycles. The maximum Gasteiger partial charge on any atom is 0.240 e. The predicted octanol–water partition coefficient (Wildman–Crippen LogP) is 3.57. The molecule has 4 nitrogen and oxygen atoms in total. The fourth-order valence-corrected chi connectivity index (χ4v) is 3.23. The van der Waals surface area contributed by atoms with Crippen LogP contribution in [0.1, 0.15) is 30.0 Å². The summed E-state index contributed by atoms with van der Waals surface area (Å²) >= 11 is 0. The second kappa shape index (κ2) is 7.62. The van der Waals surface area contributed by atoms with Crippen LogP contribution in [0.15, 0.2) is 47.4 Å². The molecule has 2 aromatic carbocycles. The summed E-state index contributed by atoms with van der Waals surface area (Å²) in [5.41, 5.74) is 2.89. The molecule has 0 heterocycles. The van der Waals surface area contributed by atoms with E-state index in [1.54, 1.807) is 18.2 Å². The van der Waals surface area contributed by atoms with Crippen molar-refractivity contribution in [3.05, 3.63) is 59.2 Å². The van der Waals surface area contributed by atoms with E-state index in [0.717, 1.165) is 28.9 Å². The predicted molar refractivity (Wildman–Crippen MR) is 92.2 cm³/mol. The van der Waals surface area contributed by atoms with Crippen LogP contribution in [0.2, 0.25) is 0 Å². The highest BCUT2D eigenvalue weighted by Crippen LogP contribution is 2.22. The van der Waals surface area contributed by atoms with Crippen molar-refractivity contribution in [3.8, 4) is 5.75 Å². The largest absolute Gasteiger partial charge is 0.493 e. The smallest absolute Gasteiger partial charge is 0.240 e. The number of hydrogen-bond acceptors (Lipinski definition) is 3. The van der Waals surface area contributed by atoms with Crippen LogP contribution < -0.4 is 9.46 Å². The van der Waals surface area contributed by atoms with Gasteiger partial charge in [-0.15, -0.1) is 0 Å². The average Bonchev–Trinajstić information content (AvgIpc) is 2.53. The van der Waals surface area contributed by atoms with Gasteiger partial charge in [0.25, 0.3) is 0 Å². The van der Waals surface area contributed by atoms with Gasteiger partial charge in [0.15, 0.2) is 0 Å². The summed E-state index contributed by atoms with van der Waals surface area (Å²) in [5.74, 6) is 0.726. The van der Waals surface area contributed by atoms with Crippen LogP contribution in [-0.4, -0.2) is 15.0 Å². The first-order valence-electron chi connectivity index (χ1n) is 7.71. The first kappa shape index (κ1) is 17.5. The van der Waals surface area contributed by atoms with Gasteiger partial charge in [-0.05, 0) is 49.6 Å². The maximum absolute atomic E-state index is 12.4. The number of hydrogen-bond donors (Lipinski definition) is 1. The van der Waals surface area contributed by atoms with E-state index in [9.17, 15) is 8.42 Å². The Hall–Kier alpha value is -1.85. The summed E-state index contributed by atoms with van der Waals surface area (Å²) in [6, 6.07) is 12.7. The SMILES string of the molecule is CCCOc1ccc(S(=O)(=O)NCc2ccc(C)cc2)cc1C. The Bertz CT molecular complexity index is 752. The van der Waals surface area contributed by atoms with Crippen molar-refractivity contribution >= 4 is 10.0 Å². The lowest BCUT2D eigenvalue weighted by Gasteiger charge is -2.11. The molecular weight excluding hydrogens is 310 g/mol. The molecular formula is C18H23NO3S. The van der Waals surface area contributed by atoms with E-state index in [-0.39, 0.29) is 11.4 Å². The summed E-state index contributed by atoms with van der Waals surface area (Å²) in [7, 11) is -3.53. The zero-order valence-corrected chi connectivity index (χ0v) is 14.6. The fourth-order valence-electron chi connectivity index (χ4n) is 2.13. The van der Waals surface area contributed by atoms with Crippen molar-refractivity contribution in [2.24, 2.45) is 0 Å². The standard InChI is InChI=1S/C18H23NO3S/c1-4-11-22-18-10-9-17(12-15(18)3)23(20,21)19-13-16-7-5-14(2)6-8-16/h5-10,12,19H,4,11,13H2,1-3H3. The van der Waals surface area contributed by atoms with Gasteiger partial charge in [-0.1, -0.05) is 36.8 Å². The van der Waals surface area contributed by atoms with Crippen LogP contribution >= 0.6 is 0 Å². The van der Waals surface area contributed by atoms with Gasteiger partial charge in [-0.3, -0.25) is 0 Å².